The quantitative estimate of drug-likeness (QED) is 0.750. The maximum atomic E-state index is 11.7. The molecule has 1 aliphatic heterocycles. The van der Waals surface area contributed by atoms with Gasteiger partial charge < -0.3 is 4.74 Å². The molecule has 0 spiro atoms. The molecule has 2 amide bonds. The van der Waals surface area contributed by atoms with E-state index in [0.29, 0.717) is 19.4 Å². The Morgan fingerprint density at radius 2 is 2.06 bits per heavy atom. The Morgan fingerprint density at radius 3 is 2.67 bits per heavy atom. The molecule has 5 heteroatoms. The molecule has 0 aliphatic carbocycles. The van der Waals surface area contributed by atoms with E-state index in [1.165, 1.54) is 4.90 Å². The summed E-state index contributed by atoms with van der Waals surface area (Å²) in [7, 11) is 0. The van der Waals surface area contributed by atoms with Gasteiger partial charge >= 0.3 is 25.0 Å². The van der Waals surface area contributed by atoms with Gasteiger partial charge in [-0.15, -0.1) is 0 Å². The summed E-state index contributed by atoms with van der Waals surface area (Å²) in [6.07, 6.45) is 0.455. The zero-order valence-corrected chi connectivity index (χ0v) is 9.76. The number of rotatable bonds is 3. The third kappa shape index (κ3) is 3.15. The predicted octanol–water partition coefficient (Wildman–Crippen LogP) is 1.34. The first-order valence-electron chi connectivity index (χ1n) is 5.75. The van der Waals surface area contributed by atoms with Crippen molar-refractivity contribution in [2.45, 2.75) is 25.8 Å². The minimum atomic E-state index is -0.516. The standard InChI is InChI=1S/C13H15NO3.Li.H/c1-2-12(15)14-11(9-17-13(14)16)8-10-6-4-3-5-7-10;;/h3-7,11H,2,8-9H2,1H3;;. The Hall–Kier alpha value is -1.24. The second-order valence-electron chi connectivity index (χ2n) is 4.04. The van der Waals surface area contributed by atoms with Crippen molar-refractivity contribution >= 4 is 30.9 Å². The predicted molar refractivity (Wildman–Crippen MR) is 69.6 cm³/mol. The SMILES string of the molecule is CCC(=O)N1C(=O)OCC1Cc1ccccc1.[LiH]. The third-order valence-electron chi connectivity index (χ3n) is 2.85. The Morgan fingerprint density at radius 1 is 1.39 bits per heavy atom. The van der Waals surface area contributed by atoms with Crippen LogP contribution in [-0.2, 0) is 16.0 Å². The Kier molecular flexibility index (Phi) is 5.45. The molecule has 1 fully saturated rings. The van der Waals surface area contributed by atoms with E-state index in [1.54, 1.807) is 6.92 Å². The maximum absolute atomic E-state index is 11.7. The van der Waals surface area contributed by atoms with Gasteiger partial charge in [0.25, 0.3) is 0 Å². The summed E-state index contributed by atoms with van der Waals surface area (Å²) in [5, 5.41) is 0. The molecule has 1 heterocycles. The minimum absolute atomic E-state index is 0. The van der Waals surface area contributed by atoms with Crippen LogP contribution in [0.3, 0.4) is 0 Å². The van der Waals surface area contributed by atoms with Gasteiger partial charge in [-0.05, 0) is 12.0 Å². The number of imide groups is 1. The molecule has 1 atom stereocenters. The molecule has 0 saturated carbocycles. The van der Waals surface area contributed by atoms with Gasteiger partial charge in [-0.25, -0.2) is 9.69 Å². The summed E-state index contributed by atoms with van der Waals surface area (Å²) >= 11 is 0. The molecule has 0 radical (unpaired) electrons. The van der Waals surface area contributed by atoms with Crippen molar-refractivity contribution in [3.05, 3.63) is 35.9 Å². The molecule has 1 aromatic rings. The molecule has 4 nitrogen and oxygen atoms in total. The van der Waals surface area contributed by atoms with E-state index in [-0.39, 0.29) is 30.8 Å². The van der Waals surface area contributed by atoms with Crippen LogP contribution in [0.15, 0.2) is 30.3 Å². The molecule has 1 saturated heterocycles. The van der Waals surface area contributed by atoms with Gasteiger partial charge in [-0.2, -0.15) is 0 Å². The molecule has 2 rings (SSSR count). The Balaban J connectivity index is 0.00000162. The van der Waals surface area contributed by atoms with Crippen LogP contribution in [0.4, 0.5) is 4.79 Å². The van der Waals surface area contributed by atoms with Crippen molar-refractivity contribution in [2.24, 2.45) is 0 Å². The van der Waals surface area contributed by atoms with Crippen LogP contribution < -0.4 is 0 Å². The van der Waals surface area contributed by atoms with E-state index in [1.807, 2.05) is 30.3 Å². The monoisotopic (exact) mass is 241 g/mol. The van der Waals surface area contributed by atoms with E-state index in [9.17, 15) is 9.59 Å². The first-order chi connectivity index (χ1) is 8.22. The topological polar surface area (TPSA) is 46.6 Å². The van der Waals surface area contributed by atoms with Crippen LogP contribution in [0, 0.1) is 0 Å². The van der Waals surface area contributed by atoms with Gasteiger partial charge in [0.15, 0.2) is 0 Å². The molecule has 0 aromatic heterocycles. The molecular weight excluding hydrogens is 225 g/mol. The van der Waals surface area contributed by atoms with Crippen molar-refractivity contribution in [1.29, 1.82) is 0 Å². The van der Waals surface area contributed by atoms with E-state index in [2.05, 4.69) is 0 Å². The van der Waals surface area contributed by atoms with Crippen LogP contribution in [0.5, 0.6) is 0 Å². The number of cyclic esters (lactones) is 1. The van der Waals surface area contributed by atoms with Crippen LogP contribution in [0.1, 0.15) is 18.9 Å². The summed E-state index contributed by atoms with van der Waals surface area (Å²) < 4.78 is 4.94. The zero-order chi connectivity index (χ0) is 12.3. The molecule has 1 aromatic carbocycles. The van der Waals surface area contributed by atoms with Gasteiger partial charge in [0, 0.05) is 6.42 Å². The van der Waals surface area contributed by atoms with Gasteiger partial charge in [0.05, 0.1) is 6.04 Å². The molecule has 1 aliphatic rings. The van der Waals surface area contributed by atoms with Crippen molar-refractivity contribution < 1.29 is 14.3 Å². The first kappa shape index (κ1) is 14.8. The summed E-state index contributed by atoms with van der Waals surface area (Å²) in [5.74, 6) is -0.173. The van der Waals surface area contributed by atoms with Crippen LogP contribution in [-0.4, -0.2) is 48.4 Å². The van der Waals surface area contributed by atoms with Crippen LogP contribution in [0.2, 0.25) is 0 Å². The summed E-state index contributed by atoms with van der Waals surface area (Å²) in [5.41, 5.74) is 1.10. The Bertz CT molecular complexity index is 422. The van der Waals surface area contributed by atoms with Crippen molar-refractivity contribution in [3.8, 4) is 0 Å². The number of nitrogens with zero attached hydrogens (tertiary/aromatic N) is 1. The molecule has 1 unspecified atom stereocenters. The normalized spacial score (nSPS) is 18.2. The molecule has 0 N–H and O–H groups in total. The van der Waals surface area contributed by atoms with Gasteiger partial charge in [0.2, 0.25) is 5.91 Å². The number of amides is 2. The van der Waals surface area contributed by atoms with Gasteiger partial charge in [0.1, 0.15) is 6.61 Å². The number of benzene rings is 1. The van der Waals surface area contributed by atoms with Crippen LogP contribution >= 0.6 is 0 Å². The number of carbonyl (C=O) groups excluding carboxylic acids is 2. The molecule has 0 bridgehead atoms. The second kappa shape index (κ2) is 6.63. The van der Waals surface area contributed by atoms with Gasteiger partial charge in [-0.3, -0.25) is 4.79 Å². The van der Waals surface area contributed by atoms with Crippen molar-refractivity contribution in [2.75, 3.05) is 6.61 Å². The molecular formula is C13H16LiNO3. The summed E-state index contributed by atoms with van der Waals surface area (Å²) in [4.78, 5) is 24.4. The average molecular weight is 241 g/mol. The number of hydrogen-bond acceptors (Lipinski definition) is 3. The molecule has 18 heavy (non-hydrogen) atoms. The third-order valence-corrected chi connectivity index (χ3v) is 2.85. The average Bonchev–Trinajstić information content (AvgIpc) is 2.71. The number of carbonyl (C=O) groups is 2. The summed E-state index contributed by atoms with van der Waals surface area (Å²) in [6.45, 7) is 2.03. The fourth-order valence-electron chi connectivity index (χ4n) is 1.97. The van der Waals surface area contributed by atoms with E-state index in [0.717, 1.165) is 5.56 Å². The molecule has 92 valence electrons. The zero-order valence-electron chi connectivity index (χ0n) is 9.76. The van der Waals surface area contributed by atoms with Crippen molar-refractivity contribution in [1.82, 2.24) is 4.90 Å². The second-order valence-corrected chi connectivity index (χ2v) is 4.04. The van der Waals surface area contributed by atoms with Crippen molar-refractivity contribution in [3.63, 3.8) is 0 Å². The van der Waals surface area contributed by atoms with E-state index >= 15 is 0 Å². The van der Waals surface area contributed by atoms with Gasteiger partial charge in [-0.1, -0.05) is 37.3 Å². The van der Waals surface area contributed by atoms with E-state index < -0.39 is 6.09 Å². The fourth-order valence-corrected chi connectivity index (χ4v) is 1.97. The van der Waals surface area contributed by atoms with Crippen LogP contribution in [0.25, 0.3) is 0 Å². The number of hydrogen-bond donors (Lipinski definition) is 0. The first-order valence-corrected chi connectivity index (χ1v) is 5.75. The number of ether oxygens (including phenoxy) is 1. The van der Waals surface area contributed by atoms with E-state index in [4.69, 9.17) is 4.74 Å². The Labute approximate surface area is 118 Å². The fraction of sp³-hybridized carbons (Fsp3) is 0.385. The summed E-state index contributed by atoms with van der Waals surface area (Å²) in [6, 6.07) is 9.62.